The molecule has 284 valence electrons. The number of aromatic hydroxyl groups is 2. The molecule has 0 atom stereocenters. The van der Waals surface area contributed by atoms with Crippen molar-refractivity contribution >= 4 is 93.9 Å². The van der Waals surface area contributed by atoms with Crippen LogP contribution in [0.2, 0.25) is 0 Å². The Morgan fingerprint density at radius 2 is 0.804 bits per heavy atom. The second-order valence-corrected chi connectivity index (χ2v) is 14.4. The molecule has 6 aromatic rings. The maximum Gasteiger partial charge on any atom is 0.335 e. The number of phenolic OH excluding ortho intramolecular Hbond substituents is 2. The summed E-state index contributed by atoms with van der Waals surface area (Å²) in [5, 5.41) is 60.3. The van der Waals surface area contributed by atoms with Gasteiger partial charge < -0.3 is 31.1 Å². The van der Waals surface area contributed by atoms with Crippen molar-refractivity contribution in [1.82, 2.24) is 0 Å². The number of carboxylic acid groups (broad SMARTS) is 2. The van der Waals surface area contributed by atoms with E-state index in [9.17, 15) is 50.5 Å². The maximum absolute atomic E-state index is 13.3. The molecule has 6 rings (SSSR count). The van der Waals surface area contributed by atoms with Crippen LogP contribution in [0.4, 0.5) is 38.9 Å². The first-order valence-corrected chi connectivity index (χ1v) is 18.4. The molecule has 0 heterocycles. The third kappa shape index (κ3) is 8.24. The van der Waals surface area contributed by atoms with E-state index in [0.717, 1.165) is 12.1 Å². The van der Waals surface area contributed by atoms with Gasteiger partial charge in [-0.15, -0.1) is 0 Å². The molecule has 0 saturated carbocycles. The largest absolute Gasteiger partial charge is 0.505 e. The highest BCUT2D eigenvalue weighted by atomic mass is 32.2. The minimum absolute atomic E-state index is 0.00888. The average Bonchev–Trinajstić information content (AvgIpc) is 3.14. The molecule has 0 radical (unpaired) electrons. The molecular formula is C35H24N6O13S2. The summed E-state index contributed by atoms with van der Waals surface area (Å²) in [6.07, 6.45) is 0. The maximum atomic E-state index is 13.3. The Bertz CT molecular complexity index is 2700. The van der Waals surface area contributed by atoms with Crippen LogP contribution in [0.1, 0.15) is 20.7 Å². The number of nitrogens with zero attached hydrogens (tertiary/aromatic N) is 4. The van der Waals surface area contributed by atoms with Crippen LogP contribution in [0.3, 0.4) is 0 Å². The molecule has 0 bridgehead atoms. The van der Waals surface area contributed by atoms with E-state index >= 15 is 0 Å². The lowest BCUT2D eigenvalue weighted by atomic mass is 10.1. The normalized spacial score (nSPS) is 12.0. The van der Waals surface area contributed by atoms with E-state index < -0.39 is 70.9 Å². The zero-order valence-corrected chi connectivity index (χ0v) is 29.5. The molecule has 0 unspecified atom stereocenters. The van der Waals surface area contributed by atoms with Gasteiger partial charge in [0.2, 0.25) is 0 Å². The van der Waals surface area contributed by atoms with Crippen LogP contribution in [0.5, 0.6) is 11.5 Å². The van der Waals surface area contributed by atoms with Crippen molar-refractivity contribution < 1.29 is 60.8 Å². The summed E-state index contributed by atoms with van der Waals surface area (Å²) in [5.74, 6) is -3.98. The summed E-state index contributed by atoms with van der Waals surface area (Å²) in [6.45, 7) is 0. The second-order valence-electron chi connectivity index (χ2n) is 11.6. The van der Waals surface area contributed by atoms with Gasteiger partial charge in [0.25, 0.3) is 20.2 Å². The van der Waals surface area contributed by atoms with Crippen molar-refractivity contribution in [3.8, 4) is 11.5 Å². The van der Waals surface area contributed by atoms with E-state index in [4.69, 9.17) is 10.2 Å². The van der Waals surface area contributed by atoms with Gasteiger partial charge in [0, 0.05) is 10.8 Å². The zero-order valence-electron chi connectivity index (χ0n) is 27.9. The highest BCUT2D eigenvalue weighted by molar-refractivity contribution is 7.86. The smallest absolute Gasteiger partial charge is 0.335 e. The van der Waals surface area contributed by atoms with Crippen molar-refractivity contribution in [2.45, 2.75) is 9.79 Å². The van der Waals surface area contributed by atoms with Crippen molar-refractivity contribution in [3.05, 3.63) is 108 Å². The summed E-state index contributed by atoms with van der Waals surface area (Å²) in [4.78, 5) is 33.4. The van der Waals surface area contributed by atoms with Crippen molar-refractivity contribution in [1.29, 1.82) is 0 Å². The topological polar surface area (TPSA) is 314 Å². The van der Waals surface area contributed by atoms with Gasteiger partial charge in [-0.2, -0.15) is 37.3 Å². The van der Waals surface area contributed by atoms with Gasteiger partial charge in [-0.1, -0.05) is 0 Å². The highest BCUT2D eigenvalue weighted by Crippen LogP contribution is 2.42. The second kappa shape index (κ2) is 14.8. The molecule has 0 fully saturated rings. The number of carbonyl (C=O) groups excluding carboxylic acids is 1. The molecule has 19 nitrogen and oxygen atoms in total. The van der Waals surface area contributed by atoms with Crippen molar-refractivity contribution in [3.63, 3.8) is 0 Å². The number of fused-ring (bicyclic) bond motifs is 2. The number of hydrogen-bond acceptors (Lipinski definition) is 13. The summed E-state index contributed by atoms with van der Waals surface area (Å²) in [7, 11) is -10.4. The molecule has 0 aromatic heterocycles. The van der Waals surface area contributed by atoms with E-state index in [1.54, 1.807) is 0 Å². The van der Waals surface area contributed by atoms with E-state index in [1.165, 1.54) is 84.9 Å². The predicted octanol–water partition coefficient (Wildman–Crippen LogP) is 7.77. The van der Waals surface area contributed by atoms with E-state index in [-0.39, 0.29) is 55.4 Å². The number of urea groups is 1. The SMILES string of the molecule is O=C(Nc1c(S(=O)(=O)O)cc2cc(N=Nc3ccc(C(=O)O)cc3)ccc2c1O)Nc1c(S(=O)(=O)O)cc2cc(N=Nc3ccc(C(=O)O)cc3)ccc2c1O. The van der Waals surface area contributed by atoms with Crippen LogP contribution in [0, 0.1) is 0 Å². The lowest BCUT2D eigenvalue weighted by molar-refractivity contribution is 0.0686. The number of anilines is 2. The molecule has 0 aliphatic heterocycles. The summed E-state index contributed by atoms with van der Waals surface area (Å²) in [6, 6.07) is 19.1. The lowest BCUT2D eigenvalue weighted by Gasteiger charge is -2.17. The Morgan fingerprint density at radius 3 is 1.12 bits per heavy atom. The molecule has 8 N–H and O–H groups in total. The fourth-order valence-corrected chi connectivity index (χ4v) is 6.67. The number of phenols is 2. The Hall–Kier alpha value is -7.33. The summed E-state index contributed by atoms with van der Waals surface area (Å²) >= 11 is 0. The summed E-state index contributed by atoms with van der Waals surface area (Å²) in [5.41, 5.74) is -0.780. The number of aromatic carboxylic acids is 2. The van der Waals surface area contributed by atoms with Crippen LogP contribution >= 0.6 is 0 Å². The Labute approximate surface area is 314 Å². The highest BCUT2D eigenvalue weighted by Gasteiger charge is 2.27. The van der Waals surface area contributed by atoms with Crippen LogP contribution in [-0.2, 0) is 20.2 Å². The Kier molecular flexibility index (Phi) is 10.2. The van der Waals surface area contributed by atoms with Crippen LogP contribution in [0.25, 0.3) is 21.5 Å². The van der Waals surface area contributed by atoms with E-state index in [1.807, 2.05) is 10.6 Å². The molecular weight excluding hydrogens is 777 g/mol. The number of hydrogen-bond donors (Lipinski definition) is 8. The molecule has 21 heteroatoms. The van der Waals surface area contributed by atoms with Gasteiger partial charge in [-0.25, -0.2) is 14.4 Å². The minimum Gasteiger partial charge on any atom is -0.505 e. The first-order valence-electron chi connectivity index (χ1n) is 15.5. The monoisotopic (exact) mass is 800 g/mol. The Balaban J connectivity index is 1.30. The molecule has 0 spiro atoms. The number of amides is 2. The first-order chi connectivity index (χ1) is 26.4. The molecule has 0 saturated heterocycles. The number of benzene rings is 6. The third-order valence-electron chi connectivity index (χ3n) is 7.94. The van der Waals surface area contributed by atoms with Gasteiger partial charge in [0.15, 0.2) is 0 Å². The fourth-order valence-electron chi connectivity index (χ4n) is 5.30. The van der Waals surface area contributed by atoms with Gasteiger partial charge in [0.1, 0.15) is 32.7 Å². The van der Waals surface area contributed by atoms with Crippen LogP contribution in [0.15, 0.2) is 127 Å². The van der Waals surface area contributed by atoms with Crippen molar-refractivity contribution in [2.24, 2.45) is 20.5 Å². The van der Waals surface area contributed by atoms with E-state index in [0.29, 0.717) is 0 Å². The molecule has 0 aliphatic carbocycles. The van der Waals surface area contributed by atoms with Gasteiger partial charge >= 0.3 is 18.0 Å². The van der Waals surface area contributed by atoms with Gasteiger partial charge in [-0.3, -0.25) is 9.11 Å². The predicted molar refractivity (Wildman–Crippen MR) is 199 cm³/mol. The van der Waals surface area contributed by atoms with Crippen LogP contribution in [-0.4, -0.2) is 64.3 Å². The lowest BCUT2D eigenvalue weighted by Crippen LogP contribution is -2.22. The van der Waals surface area contributed by atoms with Gasteiger partial charge in [-0.05, 0) is 108 Å². The quantitative estimate of drug-likeness (QED) is 0.0373. The molecule has 2 amide bonds. The standard InChI is InChI=1S/C35H24N6O13S2/c42-31-25-11-9-23(40-38-21-5-1-17(2-6-21)33(44)45)13-19(25)15-27(55(49,50)51)29(31)36-35(48)37-30-28(56(52,53)54)16-20-14-24(10-12-26(20)32(30)43)41-39-22-7-3-18(4-8-22)34(46)47/h1-16,42-43H,(H,44,45)(H,46,47)(H2,36,37,48)(H,49,50,51)(H,52,53,54). The molecule has 56 heavy (non-hydrogen) atoms. The fraction of sp³-hybridized carbons (Fsp3) is 0. The third-order valence-corrected chi connectivity index (χ3v) is 9.70. The Morgan fingerprint density at radius 1 is 0.482 bits per heavy atom. The number of carbonyl (C=O) groups is 3. The number of carboxylic acids is 2. The molecule has 0 aliphatic rings. The van der Waals surface area contributed by atoms with Crippen molar-refractivity contribution in [2.75, 3.05) is 10.6 Å². The van der Waals surface area contributed by atoms with Crippen LogP contribution < -0.4 is 10.6 Å². The minimum atomic E-state index is -5.18. The number of azo groups is 2. The number of nitrogens with one attached hydrogen (secondary N) is 2. The number of rotatable bonds is 10. The summed E-state index contributed by atoms with van der Waals surface area (Å²) < 4.78 is 69.8. The first kappa shape index (κ1) is 38.4. The van der Waals surface area contributed by atoms with Gasteiger partial charge in [0.05, 0.1) is 33.9 Å². The zero-order chi connectivity index (χ0) is 40.5. The molecule has 6 aromatic carbocycles. The van der Waals surface area contributed by atoms with E-state index in [2.05, 4.69) is 20.5 Å². The average molecular weight is 801 g/mol.